The van der Waals surface area contributed by atoms with Crippen molar-refractivity contribution in [3.05, 3.63) is 87.4 Å². The molecule has 0 saturated carbocycles. The number of amides is 2. The molecule has 0 atom stereocenters. The second kappa shape index (κ2) is 12.0. The van der Waals surface area contributed by atoms with Gasteiger partial charge in [0.25, 0.3) is 0 Å². The number of carbonyl (C=O) groups is 2. The molecular formula is C24H21BrClN3O4. The minimum atomic E-state index is -0.550. The summed E-state index contributed by atoms with van der Waals surface area (Å²) in [4.78, 5) is 24.1. The van der Waals surface area contributed by atoms with Crippen LogP contribution in [-0.4, -0.2) is 25.1 Å². The Morgan fingerprint density at radius 2 is 1.82 bits per heavy atom. The molecule has 3 rings (SSSR count). The second-order valence-electron chi connectivity index (χ2n) is 6.81. The largest absolute Gasteiger partial charge is 0.497 e. The first kappa shape index (κ1) is 24.3. The van der Waals surface area contributed by atoms with Gasteiger partial charge in [0, 0.05) is 26.3 Å². The molecule has 0 bridgehead atoms. The maximum Gasteiger partial charge on any atom is 0.249 e. The fraction of sp³-hybridized carbons (Fsp3) is 0.125. The summed E-state index contributed by atoms with van der Waals surface area (Å²) in [6, 6.07) is 19.6. The van der Waals surface area contributed by atoms with Crippen LogP contribution in [0.15, 0.2) is 76.3 Å². The van der Waals surface area contributed by atoms with Gasteiger partial charge in [0.05, 0.1) is 13.3 Å². The van der Waals surface area contributed by atoms with E-state index in [0.29, 0.717) is 27.8 Å². The predicted octanol–water partition coefficient (Wildman–Crippen LogP) is 5.17. The molecule has 3 aromatic carbocycles. The van der Waals surface area contributed by atoms with E-state index in [4.69, 9.17) is 21.1 Å². The molecule has 170 valence electrons. The first-order valence-electron chi connectivity index (χ1n) is 9.86. The molecule has 3 aromatic rings. The third-order valence-electron chi connectivity index (χ3n) is 4.40. The Morgan fingerprint density at radius 1 is 1.06 bits per heavy atom. The molecule has 33 heavy (non-hydrogen) atoms. The molecule has 0 aliphatic heterocycles. The van der Waals surface area contributed by atoms with Gasteiger partial charge in [-0.1, -0.05) is 45.7 Å². The van der Waals surface area contributed by atoms with E-state index in [0.717, 1.165) is 10.0 Å². The van der Waals surface area contributed by atoms with Crippen molar-refractivity contribution in [3.63, 3.8) is 0 Å². The summed E-state index contributed by atoms with van der Waals surface area (Å²) in [5.74, 6) is 0.223. The first-order chi connectivity index (χ1) is 15.9. The lowest BCUT2D eigenvalue weighted by Crippen LogP contribution is -2.24. The lowest BCUT2D eigenvalue weighted by molar-refractivity contribution is -0.126. The van der Waals surface area contributed by atoms with E-state index in [2.05, 4.69) is 31.8 Å². The van der Waals surface area contributed by atoms with Gasteiger partial charge in [-0.2, -0.15) is 5.10 Å². The molecule has 0 aromatic heterocycles. The summed E-state index contributed by atoms with van der Waals surface area (Å²) in [5, 5.41) is 7.21. The molecule has 0 heterocycles. The van der Waals surface area contributed by atoms with E-state index < -0.39 is 11.8 Å². The van der Waals surface area contributed by atoms with Gasteiger partial charge in [-0.05, 0) is 48.5 Å². The highest BCUT2D eigenvalue weighted by atomic mass is 79.9. The molecule has 0 fully saturated rings. The summed E-state index contributed by atoms with van der Waals surface area (Å²) >= 11 is 9.59. The molecule has 0 spiro atoms. The maximum atomic E-state index is 12.1. The standard InChI is InChI=1S/C24H21BrClN3O4/c1-32-20-9-7-19(8-10-20)28-23(30)13-24(31)29-27-14-17-12-18(25)6-11-22(17)33-15-16-4-2-3-5-21(16)26/h2-12,14H,13,15H2,1H3,(H,28,30)(H,29,31). The van der Waals surface area contributed by atoms with Crippen LogP contribution in [0.4, 0.5) is 5.69 Å². The number of hydrogen-bond acceptors (Lipinski definition) is 5. The average molecular weight is 531 g/mol. The normalized spacial score (nSPS) is 10.6. The number of nitrogens with zero attached hydrogens (tertiary/aromatic N) is 1. The molecule has 0 aliphatic carbocycles. The Bertz CT molecular complexity index is 1150. The van der Waals surface area contributed by atoms with E-state index in [9.17, 15) is 9.59 Å². The second-order valence-corrected chi connectivity index (χ2v) is 8.13. The minimum absolute atomic E-state index is 0.278. The van der Waals surface area contributed by atoms with Crippen LogP contribution >= 0.6 is 27.5 Å². The highest BCUT2D eigenvalue weighted by molar-refractivity contribution is 9.10. The van der Waals surface area contributed by atoms with E-state index in [-0.39, 0.29) is 13.0 Å². The minimum Gasteiger partial charge on any atom is -0.497 e. The zero-order chi connectivity index (χ0) is 23.6. The van der Waals surface area contributed by atoms with Crippen LogP contribution in [0.1, 0.15) is 17.5 Å². The number of carbonyl (C=O) groups excluding carboxylic acids is 2. The topological polar surface area (TPSA) is 89.0 Å². The van der Waals surface area contributed by atoms with Crippen LogP contribution in [0, 0.1) is 0 Å². The van der Waals surface area contributed by atoms with Crippen molar-refractivity contribution in [2.45, 2.75) is 13.0 Å². The van der Waals surface area contributed by atoms with E-state index in [1.807, 2.05) is 24.3 Å². The molecule has 2 N–H and O–H groups in total. The molecule has 2 amide bonds. The number of nitrogens with one attached hydrogen (secondary N) is 2. The highest BCUT2D eigenvalue weighted by Crippen LogP contribution is 2.24. The van der Waals surface area contributed by atoms with Crippen molar-refractivity contribution < 1.29 is 19.1 Å². The van der Waals surface area contributed by atoms with Crippen LogP contribution in [0.2, 0.25) is 5.02 Å². The van der Waals surface area contributed by atoms with Gasteiger partial charge < -0.3 is 14.8 Å². The number of benzene rings is 3. The van der Waals surface area contributed by atoms with Gasteiger partial charge in [0.2, 0.25) is 11.8 Å². The molecule has 0 radical (unpaired) electrons. The SMILES string of the molecule is COc1ccc(NC(=O)CC(=O)NN=Cc2cc(Br)ccc2OCc2ccccc2Cl)cc1. The summed E-state index contributed by atoms with van der Waals surface area (Å²) in [6.45, 7) is 0.278. The zero-order valence-corrected chi connectivity index (χ0v) is 20.0. The van der Waals surface area contributed by atoms with Gasteiger partial charge in [0.1, 0.15) is 24.5 Å². The van der Waals surface area contributed by atoms with Gasteiger partial charge in [-0.15, -0.1) is 0 Å². The molecule has 0 unspecified atom stereocenters. The van der Waals surface area contributed by atoms with Crippen molar-refractivity contribution in [3.8, 4) is 11.5 Å². The number of methoxy groups -OCH3 is 1. The van der Waals surface area contributed by atoms with Crippen molar-refractivity contribution >= 4 is 51.2 Å². The van der Waals surface area contributed by atoms with E-state index >= 15 is 0 Å². The third kappa shape index (κ3) is 7.62. The number of hydrazone groups is 1. The molecule has 0 aliphatic rings. The van der Waals surface area contributed by atoms with Gasteiger partial charge in [-0.3, -0.25) is 9.59 Å². The van der Waals surface area contributed by atoms with Crippen LogP contribution in [0.5, 0.6) is 11.5 Å². The summed E-state index contributed by atoms with van der Waals surface area (Å²) in [5.41, 5.74) is 4.40. The van der Waals surface area contributed by atoms with E-state index in [1.54, 1.807) is 49.6 Å². The summed E-state index contributed by atoms with van der Waals surface area (Å²) in [6.07, 6.45) is 1.07. The highest BCUT2D eigenvalue weighted by Gasteiger charge is 2.10. The maximum absolute atomic E-state index is 12.1. The summed E-state index contributed by atoms with van der Waals surface area (Å²) < 4.78 is 11.8. The number of ether oxygens (including phenoxy) is 2. The van der Waals surface area contributed by atoms with Gasteiger partial charge >= 0.3 is 0 Å². The van der Waals surface area contributed by atoms with Crippen molar-refractivity contribution in [2.24, 2.45) is 5.10 Å². The smallest absolute Gasteiger partial charge is 0.249 e. The monoisotopic (exact) mass is 529 g/mol. The lowest BCUT2D eigenvalue weighted by Gasteiger charge is -2.10. The van der Waals surface area contributed by atoms with Crippen molar-refractivity contribution in [1.29, 1.82) is 0 Å². The molecular weight excluding hydrogens is 510 g/mol. The van der Waals surface area contributed by atoms with Crippen LogP contribution in [0.3, 0.4) is 0 Å². The summed E-state index contributed by atoms with van der Waals surface area (Å²) in [7, 11) is 1.56. The number of halogens is 2. The Labute approximate surface area is 204 Å². The molecule has 7 nitrogen and oxygen atoms in total. The van der Waals surface area contributed by atoms with E-state index in [1.165, 1.54) is 6.21 Å². The van der Waals surface area contributed by atoms with Crippen molar-refractivity contribution in [1.82, 2.24) is 5.43 Å². The third-order valence-corrected chi connectivity index (χ3v) is 5.26. The van der Waals surface area contributed by atoms with Gasteiger partial charge in [-0.25, -0.2) is 5.43 Å². The zero-order valence-electron chi connectivity index (χ0n) is 17.7. The quantitative estimate of drug-likeness (QED) is 0.227. The Hall–Kier alpha value is -3.36. The molecule has 9 heteroatoms. The van der Waals surface area contributed by atoms with Gasteiger partial charge in [0.15, 0.2) is 0 Å². The van der Waals surface area contributed by atoms with Crippen LogP contribution in [-0.2, 0) is 16.2 Å². The number of anilines is 1. The van der Waals surface area contributed by atoms with Crippen LogP contribution in [0.25, 0.3) is 0 Å². The fourth-order valence-electron chi connectivity index (χ4n) is 2.76. The predicted molar refractivity (Wildman–Crippen MR) is 132 cm³/mol. The Balaban J connectivity index is 1.55. The fourth-order valence-corrected chi connectivity index (χ4v) is 3.33. The lowest BCUT2D eigenvalue weighted by atomic mass is 10.2. The Kier molecular flexibility index (Phi) is 8.86. The van der Waals surface area contributed by atoms with Crippen molar-refractivity contribution in [2.75, 3.05) is 12.4 Å². The first-order valence-corrected chi connectivity index (χ1v) is 11.0. The average Bonchev–Trinajstić information content (AvgIpc) is 2.80. The number of rotatable bonds is 9. The molecule has 0 saturated heterocycles. The number of hydrogen-bond donors (Lipinski definition) is 2. The van der Waals surface area contributed by atoms with Crippen LogP contribution < -0.4 is 20.2 Å². The Morgan fingerprint density at radius 3 is 2.55 bits per heavy atom.